The van der Waals surface area contributed by atoms with Gasteiger partial charge in [-0.15, -0.1) is 0 Å². The van der Waals surface area contributed by atoms with Crippen LogP contribution in [-0.4, -0.2) is 50.9 Å². The molecule has 0 aliphatic carbocycles. The van der Waals surface area contributed by atoms with E-state index in [0.29, 0.717) is 23.7 Å². The summed E-state index contributed by atoms with van der Waals surface area (Å²) in [6.07, 6.45) is 0.999. The fourth-order valence-electron chi connectivity index (χ4n) is 3.40. The number of rotatable bonds is 7. The Morgan fingerprint density at radius 2 is 1.83 bits per heavy atom. The van der Waals surface area contributed by atoms with Crippen molar-refractivity contribution in [1.29, 1.82) is 0 Å². The van der Waals surface area contributed by atoms with Crippen LogP contribution in [0.1, 0.15) is 39.2 Å². The molecule has 0 saturated carbocycles. The summed E-state index contributed by atoms with van der Waals surface area (Å²) in [5.41, 5.74) is 5.24. The molecule has 0 spiro atoms. The minimum absolute atomic E-state index is 0.0732. The first-order chi connectivity index (χ1) is 14.1. The Balaban J connectivity index is 2.15. The van der Waals surface area contributed by atoms with Crippen LogP contribution in [0.2, 0.25) is 0 Å². The molecule has 2 N–H and O–H groups in total. The zero-order valence-corrected chi connectivity index (χ0v) is 17.5. The molecular weight excluding hydrogens is 415 g/mol. The number of sulfone groups is 1. The lowest BCUT2D eigenvalue weighted by Gasteiger charge is -2.26. The van der Waals surface area contributed by atoms with Crippen LogP contribution in [0.5, 0.6) is 11.5 Å². The highest BCUT2D eigenvalue weighted by Crippen LogP contribution is 2.38. The number of halogens is 1. The second-order valence-corrected chi connectivity index (χ2v) is 9.00. The van der Waals surface area contributed by atoms with E-state index in [1.165, 1.54) is 19.2 Å². The van der Waals surface area contributed by atoms with Crippen molar-refractivity contribution >= 4 is 27.3 Å². The van der Waals surface area contributed by atoms with E-state index in [9.17, 15) is 22.4 Å². The number of nitrogens with two attached hydrogens (primary N) is 1. The Kier molecular flexibility index (Phi) is 5.71. The molecular formula is C20H21FN2O6S. The van der Waals surface area contributed by atoms with Crippen molar-refractivity contribution in [2.45, 2.75) is 13.0 Å². The van der Waals surface area contributed by atoms with Crippen molar-refractivity contribution in [2.75, 3.05) is 31.5 Å². The highest BCUT2D eigenvalue weighted by molar-refractivity contribution is 7.90. The van der Waals surface area contributed by atoms with Gasteiger partial charge < -0.3 is 15.2 Å². The molecule has 10 heteroatoms. The third kappa shape index (κ3) is 3.82. The van der Waals surface area contributed by atoms with Crippen LogP contribution in [-0.2, 0) is 9.84 Å². The molecule has 30 heavy (non-hydrogen) atoms. The fraction of sp³-hybridized carbons (Fsp3) is 0.300. The Morgan fingerprint density at radius 3 is 2.43 bits per heavy atom. The second kappa shape index (κ2) is 7.94. The number of hydrogen-bond acceptors (Lipinski definition) is 7. The lowest BCUT2D eigenvalue weighted by molar-refractivity contribution is 0.0597. The molecule has 0 saturated heterocycles. The standard InChI is InChI=1S/C20H21FN2O6S/c1-4-29-16-9-11(5-8-15(16)28-2)14(10-30(3,26)27)23-19(24)12-6-7-13(21)18(22)17(12)20(23)25/h5-9,14H,4,10,22H2,1-3H3/t14-/m1/s1. The molecule has 0 unspecified atom stereocenters. The van der Waals surface area contributed by atoms with Gasteiger partial charge in [-0.25, -0.2) is 12.8 Å². The van der Waals surface area contributed by atoms with Gasteiger partial charge in [0.2, 0.25) is 0 Å². The molecule has 1 heterocycles. The third-order valence-electron chi connectivity index (χ3n) is 4.72. The van der Waals surface area contributed by atoms with E-state index in [0.717, 1.165) is 17.2 Å². The number of carbonyl (C=O) groups is 2. The van der Waals surface area contributed by atoms with E-state index in [4.69, 9.17) is 15.2 Å². The van der Waals surface area contributed by atoms with Crippen molar-refractivity contribution in [2.24, 2.45) is 0 Å². The van der Waals surface area contributed by atoms with Gasteiger partial charge in [0, 0.05) is 6.26 Å². The minimum Gasteiger partial charge on any atom is -0.493 e. The van der Waals surface area contributed by atoms with Crippen LogP contribution in [0.3, 0.4) is 0 Å². The summed E-state index contributed by atoms with van der Waals surface area (Å²) in [6.45, 7) is 2.08. The maximum atomic E-state index is 13.9. The van der Waals surface area contributed by atoms with Crippen molar-refractivity contribution in [1.82, 2.24) is 4.90 Å². The molecule has 1 aliphatic heterocycles. The SMILES string of the molecule is CCOc1cc([C@@H](CS(C)(=O)=O)N2C(=O)c3ccc(F)c(N)c3C2=O)ccc1OC. The number of nitrogen functional groups attached to an aromatic ring is 1. The second-order valence-electron chi connectivity index (χ2n) is 6.82. The molecule has 0 fully saturated rings. The average molecular weight is 436 g/mol. The van der Waals surface area contributed by atoms with Crippen LogP contribution in [0.15, 0.2) is 30.3 Å². The predicted octanol–water partition coefficient (Wildman–Crippen LogP) is 2.20. The smallest absolute Gasteiger partial charge is 0.264 e. The number of methoxy groups -OCH3 is 1. The number of ether oxygens (including phenoxy) is 2. The first-order valence-electron chi connectivity index (χ1n) is 9.03. The van der Waals surface area contributed by atoms with Gasteiger partial charge in [0.25, 0.3) is 11.8 Å². The number of carbonyl (C=O) groups excluding carboxylic acids is 2. The van der Waals surface area contributed by atoms with Gasteiger partial charge in [-0.2, -0.15) is 0 Å². The normalized spacial score (nSPS) is 14.6. The molecule has 2 aromatic carbocycles. The molecule has 0 bridgehead atoms. The topological polar surface area (TPSA) is 116 Å². The van der Waals surface area contributed by atoms with Crippen LogP contribution in [0.4, 0.5) is 10.1 Å². The van der Waals surface area contributed by atoms with E-state index in [-0.39, 0.29) is 11.1 Å². The van der Waals surface area contributed by atoms with Crippen molar-refractivity contribution in [3.63, 3.8) is 0 Å². The van der Waals surface area contributed by atoms with Gasteiger partial charge in [-0.1, -0.05) is 6.07 Å². The van der Waals surface area contributed by atoms with Crippen LogP contribution < -0.4 is 15.2 Å². The van der Waals surface area contributed by atoms with Gasteiger partial charge in [0.1, 0.15) is 15.7 Å². The highest BCUT2D eigenvalue weighted by atomic mass is 32.2. The fourth-order valence-corrected chi connectivity index (χ4v) is 4.32. The van der Waals surface area contributed by atoms with Crippen LogP contribution in [0, 0.1) is 5.82 Å². The molecule has 2 amide bonds. The molecule has 8 nitrogen and oxygen atoms in total. The summed E-state index contributed by atoms with van der Waals surface area (Å²) >= 11 is 0. The van der Waals surface area contributed by atoms with Crippen LogP contribution >= 0.6 is 0 Å². The first-order valence-corrected chi connectivity index (χ1v) is 11.1. The van der Waals surface area contributed by atoms with Gasteiger partial charge >= 0.3 is 0 Å². The Morgan fingerprint density at radius 1 is 1.13 bits per heavy atom. The van der Waals surface area contributed by atoms with Crippen molar-refractivity contribution in [3.05, 3.63) is 52.8 Å². The van der Waals surface area contributed by atoms with Gasteiger partial charge in [0.05, 0.1) is 42.3 Å². The number of imide groups is 1. The predicted molar refractivity (Wildman–Crippen MR) is 108 cm³/mol. The number of hydrogen-bond donors (Lipinski definition) is 1. The maximum Gasteiger partial charge on any atom is 0.264 e. The minimum atomic E-state index is -3.63. The van der Waals surface area contributed by atoms with E-state index in [1.54, 1.807) is 19.1 Å². The van der Waals surface area contributed by atoms with E-state index in [1.807, 2.05) is 0 Å². The third-order valence-corrected chi connectivity index (χ3v) is 5.64. The Bertz CT molecular complexity index is 1130. The van der Waals surface area contributed by atoms with Crippen molar-refractivity contribution < 1.29 is 31.9 Å². The van der Waals surface area contributed by atoms with Crippen molar-refractivity contribution in [3.8, 4) is 11.5 Å². The summed E-state index contributed by atoms with van der Waals surface area (Å²) < 4.78 is 48.9. The molecule has 1 aliphatic rings. The molecule has 1 atom stereocenters. The van der Waals surface area contributed by atoms with Crippen LogP contribution in [0.25, 0.3) is 0 Å². The summed E-state index contributed by atoms with van der Waals surface area (Å²) in [6, 6.07) is 5.62. The summed E-state index contributed by atoms with van der Waals surface area (Å²) in [7, 11) is -2.17. The molecule has 0 aromatic heterocycles. The zero-order chi connectivity index (χ0) is 22.2. The summed E-state index contributed by atoms with van der Waals surface area (Å²) in [5.74, 6) is -2.22. The lowest BCUT2D eigenvalue weighted by atomic mass is 10.1. The number of fused-ring (bicyclic) bond motifs is 1. The largest absolute Gasteiger partial charge is 0.493 e. The average Bonchev–Trinajstić information content (AvgIpc) is 2.93. The monoisotopic (exact) mass is 436 g/mol. The molecule has 2 aromatic rings. The number of amides is 2. The summed E-state index contributed by atoms with van der Waals surface area (Å²) in [4.78, 5) is 26.8. The number of anilines is 1. The maximum absolute atomic E-state index is 13.9. The molecule has 160 valence electrons. The van der Waals surface area contributed by atoms with Gasteiger partial charge in [-0.05, 0) is 36.8 Å². The van der Waals surface area contributed by atoms with E-state index < -0.39 is 45.0 Å². The number of benzene rings is 2. The molecule has 0 radical (unpaired) electrons. The first kappa shape index (κ1) is 21.6. The number of nitrogens with zero attached hydrogens (tertiary/aromatic N) is 1. The van der Waals surface area contributed by atoms with Gasteiger partial charge in [-0.3, -0.25) is 14.5 Å². The zero-order valence-electron chi connectivity index (χ0n) is 16.6. The lowest BCUT2D eigenvalue weighted by Crippen LogP contribution is -2.37. The highest BCUT2D eigenvalue weighted by Gasteiger charge is 2.43. The Hall–Kier alpha value is -3.14. The van der Waals surface area contributed by atoms with E-state index in [2.05, 4.69) is 0 Å². The quantitative estimate of drug-likeness (QED) is 0.522. The van der Waals surface area contributed by atoms with Gasteiger partial charge in [0.15, 0.2) is 11.5 Å². The summed E-state index contributed by atoms with van der Waals surface area (Å²) in [5, 5.41) is 0. The van der Waals surface area contributed by atoms with E-state index >= 15 is 0 Å². The Labute approximate surface area is 173 Å². The molecule has 3 rings (SSSR count).